The van der Waals surface area contributed by atoms with E-state index in [0.717, 1.165) is 11.1 Å². The number of benzene rings is 2. The molecule has 5 heteroatoms. The van der Waals surface area contributed by atoms with Crippen molar-refractivity contribution in [1.82, 2.24) is 16.2 Å². The molecule has 0 heterocycles. The molecule has 0 aliphatic rings. The molecule has 0 aliphatic heterocycles. The molecule has 124 valence electrons. The summed E-state index contributed by atoms with van der Waals surface area (Å²) < 4.78 is 0. The molecule has 0 aromatic heterocycles. The highest BCUT2D eigenvalue weighted by Gasteiger charge is 2.04. The second-order valence-corrected chi connectivity index (χ2v) is 5.14. The molecule has 2 rings (SSSR count). The van der Waals surface area contributed by atoms with Crippen LogP contribution in [0.3, 0.4) is 0 Å². The summed E-state index contributed by atoms with van der Waals surface area (Å²) in [5, 5.41) is 2.81. The van der Waals surface area contributed by atoms with Gasteiger partial charge in [-0.25, -0.2) is 5.43 Å². The number of hydrazine groups is 1. The minimum Gasteiger partial charge on any atom is -0.348 e. The molecular formula is C19H21N3O2. The minimum atomic E-state index is -0.182. The number of amides is 2. The summed E-state index contributed by atoms with van der Waals surface area (Å²) in [6, 6.07) is 16.7. The highest BCUT2D eigenvalue weighted by molar-refractivity contribution is 5.94. The Kier molecular flexibility index (Phi) is 6.73. The zero-order valence-corrected chi connectivity index (χ0v) is 13.6. The Morgan fingerprint density at radius 3 is 2.38 bits per heavy atom. The van der Waals surface area contributed by atoms with Crippen LogP contribution in [0.4, 0.5) is 0 Å². The van der Waals surface area contributed by atoms with Crippen LogP contribution in [0.2, 0.25) is 0 Å². The quantitative estimate of drug-likeness (QED) is 0.541. The van der Waals surface area contributed by atoms with Crippen molar-refractivity contribution in [2.24, 2.45) is 0 Å². The Morgan fingerprint density at radius 2 is 1.71 bits per heavy atom. The molecule has 0 atom stereocenters. The first-order valence-corrected chi connectivity index (χ1v) is 7.82. The molecule has 0 aliphatic carbocycles. The van der Waals surface area contributed by atoms with Crippen molar-refractivity contribution < 1.29 is 9.59 Å². The first-order chi connectivity index (χ1) is 11.7. The van der Waals surface area contributed by atoms with Gasteiger partial charge in [0, 0.05) is 24.7 Å². The Bertz CT molecular complexity index is 694. The molecule has 2 aromatic carbocycles. The standard InChI is InChI=1S/C19H21N3O2/c1-2-21-22-19(24)17-11-8-16(9-12-17)14-20-18(23)13-10-15-6-4-3-5-7-15/h3-13,21H,2,14H2,1H3,(H,20,23)(H,22,24). The zero-order chi connectivity index (χ0) is 17.2. The summed E-state index contributed by atoms with van der Waals surface area (Å²) in [5.41, 5.74) is 7.82. The number of carbonyl (C=O) groups excluding carboxylic acids is 2. The number of hydrogen-bond donors (Lipinski definition) is 3. The second-order valence-electron chi connectivity index (χ2n) is 5.14. The predicted octanol–water partition coefficient (Wildman–Crippen LogP) is 2.27. The predicted molar refractivity (Wildman–Crippen MR) is 94.9 cm³/mol. The van der Waals surface area contributed by atoms with Gasteiger partial charge in [-0.3, -0.25) is 15.0 Å². The molecule has 0 bridgehead atoms. The van der Waals surface area contributed by atoms with Gasteiger partial charge in [0.1, 0.15) is 0 Å². The van der Waals surface area contributed by atoms with Crippen LogP contribution in [0, 0.1) is 0 Å². The van der Waals surface area contributed by atoms with Crippen molar-refractivity contribution in [2.75, 3.05) is 6.54 Å². The first-order valence-electron chi connectivity index (χ1n) is 7.82. The SMILES string of the molecule is CCNNC(=O)c1ccc(CNC(=O)C=Cc2ccccc2)cc1. The summed E-state index contributed by atoms with van der Waals surface area (Å²) in [6.45, 7) is 2.97. The maximum absolute atomic E-state index is 11.8. The van der Waals surface area contributed by atoms with Gasteiger partial charge in [-0.1, -0.05) is 49.4 Å². The molecular weight excluding hydrogens is 302 g/mol. The normalized spacial score (nSPS) is 10.5. The molecule has 24 heavy (non-hydrogen) atoms. The van der Waals surface area contributed by atoms with E-state index >= 15 is 0 Å². The Morgan fingerprint density at radius 1 is 1.00 bits per heavy atom. The van der Waals surface area contributed by atoms with Crippen molar-refractivity contribution in [2.45, 2.75) is 13.5 Å². The maximum Gasteiger partial charge on any atom is 0.265 e. The smallest absolute Gasteiger partial charge is 0.265 e. The lowest BCUT2D eigenvalue weighted by molar-refractivity contribution is -0.116. The third-order valence-corrected chi connectivity index (χ3v) is 3.29. The molecule has 3 N–H and O–H groups in total. The van der Waals surface area contributed by atoms with Gasteiger partial charge in [-0.15, -0.1) is 0 Å². The zero-order valence-electron chi connectivity index (χ0n) is 13.6. The van der Waals surface area contributed by atoms with E-state index in [9.17, 15) is 9.59 Å². The van der Waals surface area contributed by atoms with E-state index in [0.29, 0.717) is 18.7 Å². The van der Waals surface area contributed by atoms with E-state index in [1.807, 2.05) is 49.4 Å². The third kappa shape index (κ3) is 5.70. The van der Waals surface area contributed by atoms with Crippen molar-refractivity contribution in [3.63, 3.8) is 0 Å². The molecule has 0 radical (unpaired) electrons. The Labute approximate surface area is 141 Å². The van der Waals surface area contributed by atoms with Crippen molar-refractivity contribution >= 4 is 17.9 Å². The Balaban J connectivity index is 1.82. The molecule has 0 saturated heterocycles. The lowest BCUT2D eigenvalue weighted by Gasteiger charge is -2.06. The van der Waals surface area contributed by atoms with Crippen molar-refractivity contribution in [3.05, 3.63) is 77.4 Å². The van der Waals surface area contributed by atoms with Gasteiger partial charge in [-0.05, 0) is 29.3 Å². The second kappa shape index (κ2) is 9.27. The first kappa shape index (κ1) is 17.4. The van der Waals surface area contributed by atoms with Crippen molar-refractivity contribution in [3.8, 4) is 0 Å². The average molecular weight is 323 g/mol. The summed E-state index contributed by atoms with van der Waals surface area (Å²) in [4.78, 5) is 23.6. The van der Waals surface area contributed by atoms with E-state index in [1.54, 1.807) is 18.2 Å². The maximum atomic E-state index is 11.8. The topological polar surface area (TPSA) is 70.2 Å². The van der Waals surface area contributed by atoms with Crippen LogP contribution < -0.4 is 16.2 Å². The van der Waals surface area contributed by atoms with Gasteiger partial charge < -0.3 is 5.32 Å². The van der Waals surface area contributed by atoms with E-state index in [2.05, 4.69) is 16.2 Å². The van der Waals surface area contributed by atoms with Crippen LogP contribution in [-0.2, 0) is 11.3 Å². The van der Waals surface area contributed by atoms with E-state index in [4.69, 9.17) is 0 Å². The van der Waals surface area contributed by atoms with Crippen LogP contribution in [0.15, 0.2) is 60.7 Å². The average Bonchev–Trinajstić information content (AvgIpc) is 2.64. The van der Waals surface area contributed by atoms with Crippen LogP contribution in [0.25, 0.3) is 6.08 Å². The molecule has 2 amide bonds. The van der Waals surface area contributed by atoms with E-state index in [1.165, 1.54) is 6.08 Å². The van der Waals surface area contributed by atoms with Gasteiger partial charge in [0.15, 0.2) is 0 Å². The fourth-order valence-electron chi connectivity index (χ4n) is 2.00. The summed E-state index contributed by atoms with van der Waals surface area (Å²) in [6.07, 6.45) is 3.27. The molecule has 5 nitrogen and oxygen atoms in total. The van der Waals surface area contributed by atoms with Gasteiger partial charge in [0.2, 0.25) is 5.91 Å². The van der Waals surface area contributed by atoms with Crippen LogP contribution in [-0.4, -0.2) is 18.4 Å². The summed E-state index contributed by atoms with van der Waals surface area (Å²) in [7, 11) is 0. The van der Waals surface area contributed by atoms with Crippen molar-refractivity contribution in [1.29, 1.82) is 0 Å². The highest BCUT2D eigenvalue weighted by atomic mass is 16.2. The molecule has 0 fully saturated rings. The summed E-state index contributed by atoms with van der Waals surface area (Å²) >= 11 is 0. The third-order valence-electron chi connectivity index (χ3n) is 3.29. The van der Waals surface area contributed by atoms with E-state index < -0.39 is 0 Å². The number of rotatable bonds is 7. The largest absolute Gasteiger partial charge is 0.348 e. The fourth-order valence-corrected chi connectivity index (χ4v) is 2.00. The van der Waals surface area contributed by atoms with Gasteiger partial charge >= 0.3 is 0 Å². The van der Waals surface area contributed by atoms with Crippen LogP contribution in [0.5, 0.6) is 0 Å². The Hall–Kier alpha value is -2.92. The monoisotopic (exact) mass is 323 g/mol. The number of carbonyl (C=O) groups is 2. The molecule has 2 aromatic rings. The molecule has 0 spiro atoms. The highest BCUT2D eigenvalue weighted by Crippen LogP contribution is 2.04. The van der Waals surface area contributed by atoms with Gasteiger partial charge in [-0.2, -0.15) is 0 Å². The van der Waals surface area contributed by atoms with E-state index in [-0.39, 0.29) is 11.8 Å². The van der Waals surface area contributed by atoms with Crippen LogP contribution in [0.1, 0.15) is 28.4 Å². The lowest BCUT2D eigenvalue weighted by atomic mass is 10.1. The van der Waals surface area contributed by atoms with Gasteiger partial charge in [0.25, 0.3) is 5.91 Å². The molecule has 0 unspecified atom stereocenters. The van der Waals surface area contributed by atoms with Gasteiger partial charge in [0.05, 0.1) is 0 Å². The minimum absolute atomic E-state index is 0.159. The fraction of sp³-hybridized carbons (Fsp3) is 0.158. The molecule has 0 saturated carbocycles. The summed E-state index contributed by atoms with van der Waals surface area (Å²) in [5.74, 6) is -0.342. The number of hydrogen-bond acceptors (Lipinski definition) is 3. The lowest BCUT2D eigenvalue weighted by Crippen LogP contribution is -2.37. The van der Waals surface area contributed by atoms with Crippen LogP contribution >= 0.6 is 0 Å². The number of nitrogens with one attached hydrogen (secondary N) is 3.